The summed E-state index contributed by atoms with van der Waals surface area (Å²) in [7, 11) is -5.31. The number of ether oxygens (including phenoxy) is 2. The third-order valence-electron chi connectivity index (χ3n) is 2.53. The van der Waals surface area contributed by atoms with Gasteiger partial charge in [0.15, 0.2) is 16.6 Å². The van der Waals surface area contributed by atoms with Crippen LogP contribution < -0.4 is 0 Å². The summed E-state index contributed by atoms with van der Waals surface area (Å²) in [6.07, 6.45) is 1.75. The minimum absolute atomic E-state index is 0.584. The molecule has 0 unspecified atom stereocenters. The van der Waals surface area contributed by atoms with E-state index in [1.807, 2.05) is 0 Å². The summed E-state index contributed by atoms with van der Waals surface area (Å²) < 4.78 is 23.6. The maximum Gasteiger partial charge on any atom is 0.311 e. The van der Waals surface area contributed by atoms with Gasteiger partial charge in [0.05, 0.1) is 19.8 Å². The van der Waals surface area contributed by atoms with Crippen molar-refractivity contribution in [2.75, 3.05) is 26.4 Å². The average Bonchev–Trinajstić information content (AvgIpc) is 2.22. The maximum absolute atomic E-state index is 6.41. The Balaban J connectivity index is 3.99. The molecule has 4 nitrogen and oxygen atoms in total. The molecule has 0 rings (SSSR count). The Hall–Kier alpha value is 0.231. The van der Waals surface area contributed by atoms with Crippen LogP contribution in [0.1, 0.15) is 0 Å². The lowest BCUT2D eigenvalue weighted by Crippen LogP contribution is -2.51. The van der Waals surface area contributed by atoms with Crippen molar-refractivity contribution in [3.8, 4) is 0 Å². The number of rotatable bonds is 12. The molecule has 0 amide bonds. The molecule has 0 aliphatic rings. The summed E-state index contributed by atoms with van der Waals surface area (Å²) in [5.41, 5.74) is 0. The predicted octanol–water partition coefficient (Wildman–Crippen LogP) is 3.98. The van der Waals surface area contributed by atoms with Crippen LogP contribution in [-0.2, 0) is 17.7 Å². The molecule has 0 saturated heterocycles. The minimum Gasteiger partial charge on any atom is -0.437 e. The van der Waals surface area contributed by atoms with Crippen LogP contribution in [0, 0.1) is 0 Å². The topological polar surface area (TPSA) is 36.9 Å². The summed E-state index contributed by atoms with van der Waals surface area (Å²) >= 11 is 0. The Morgan fingerprint density at radius 1 is 0.810 bits per heavy atom. The van der Waals surface area contributed by atoms with E-state index in [0.29, 0.717) is 19.8 Å². The van der Waals surface area contributed by atoms with Gasteiger partial charge in [-0.25, -0.2) is 0 Å². The lowest BCUT2D eigenvalue weighted by atomic mass is 10.7. The molecule has 0 fully saturated rings. The van der Waals surface area contributed by atoms with Gasteiger partial charge < -0.3 is 17.7 Å². The van der Waals surface area contributed by atoms with Crippen molar-refractivity contribution in [1.82, 2.24) is 0 Å². The smallest absolute Gasteiger partial charge is 0.311 e. The second-order valence-electron chi connectivity index (χ2n) is 7.20. The van der Waals surface area contributed by atoms with Crippen LogP contribution in [0.3, 0.4) is 0 Å². The molecule has 0 aliphatic heterocycles. The van der Waals surface area contributed by atoms with Crippen LogP contribution >= 0.6 is 0 Å². The second kappa shape index (κ2) is 9.39. The summed E-state index contributed by atoms with van der Waals surface area (Å²) in [5.74, 6) is 0. The van der Waals surface area contributed by atoms with Gasteiger partial charge in [-0.1, -0.05) is 6.08 Å². The monoisotopic (exact) mass is 350 g/mol. The highest BCUT2D eigenvalue weighted by molar-refractivity contribution is 6.87. The van der Waals surface area contributed by atoms with Gasteiger partial charge >= 0.3 is 8.56 Å². The fourth-order valence-electron chi connectivity index (χ4n) is 2.18. The van der Waals surface area contributed by atoms with Crippen LogP contribution in [0.5, 0.6) is 0 Å². The van der Waals surface area contributed by atoms with E-state index in [0.717, 1.165) is 12.7 Å². The normalized spacial score (nSPS) is 13.5. The number of hydrogen-bond acceptors (Lipinski definition) is 4. The zero-order chi connectivity index (χ0) is 16.6. The molecule has 0 aromatic heterocycles. The van der Waals surface area contributed by atoms with E-state index < -0.39 is 25.2 Å². The molecule has 21 heavy (non-hydrogen) atoms. The third kappa shape index (κ3) is 13.6. The van der Waals surface area contributed by atoms with Crippen LogP contribution in [0.15, 0.2) is 12.7 Å². The van der Waals surface area contributed by atoms with Crippen molar-refractivity contribution in [1.29, 1.82) is 0 Å². The first-order valence-corrected chi connectivity index (χ1v) is 17.0. The van der Waals surface area contributed by atoms with Gasteiger partial charge in [-0.3, -0.25) is 0 Å². The van der Waals surface area contributed by atoms with Gasteiger partial charge in [0, 0.05) is 6.61 Å². The van der Waals surface area contributed by atoms with Crippen molar-refractivity contribution in [3.05, 3.63) is 12.7 Å². The van der Waals surface area contributed by atoms with Crippen molar-refractivity contribution >= 4 is 25.2 Å². The first-order chi connectivity index (χ1) is 9.47. The van der Waals surface area contributed by atoms with E-state index in [4.69, 9.17) is 17.7 Å². The zero-order valence-corrected chi connectivity index (χ0v) is 18.0. The zero-order valence-electron chi connectivity index (χ0n) is 15.0. The summed E-state index contributed by atoms with van der Waals surface area (Å²) in [4.78, 5) is 0. The Morgan fingerprint density at radius 2 is 1.38 bits per heavy atom. The van der Waals surface area contributed by atoms with E-state index in [2.05, 4.69) is 52.4 Å². The highest BCUT2D eigenvalue weighted by atomic mass is 28.5. The molecular weight excluding hydrogens is 316 g/mol. The van der Waals surface area contributed by atoms with Gasteiger partial charge in [-0.05, 0) is 51.9 Å². The van der Waals surface area contributed by atoms with Crippen molar-refractivity contribution < 1.29 is 17.7 Å². The average molecular weight is 351 g/mol. The molecule has 7 heteroatoms. The fourth-order valence-corrected chi connectivity index (χ4v) is 15.0. The van der Waals surface area contributed by atoms with E-state index in [1.54, 1.807) is 6.08 Å². The fraction of sp³-hybridized carbons (Fsp3) is 0.857. The van der Waals surface area contributed by atoms with Gasteiger partial charge in [0.25, 0.3) is 0 Å². The van der Waals surface area contributed by atoms with Crippen LogP contribution in [0.4, 0.5) is 0 Å². The lowest BCUT2D eigenvalue weighted by molar-refractivity contribution is 0.0634. The van der Waals surface area contributed by atoms with Crippen molar-refractivity contribution in [2.45, 2.75) is 51.9 Å². The molecule has 0 aromatic rings. The minimum atomic E-state index is -2.03. The van der Waals surface area contributed by atoms with Gasteiger partial charge in [0.1, 0.15) is 0 Å². The summed E-state index contributed by atoms with van der Waals surface area (Å²) in [5, 5.41) is 0. The van der Waals surface area contributed by atoms with Gasteiger partial charge in [-0.15, -0.1) is 6.58 Å². The van der Waals surface area contributed by atoms with E-state index in [-0.39, 0.29) is 0 Å². The second-order valence-corrected chi connectivity index (χ2v) is 19.9. The Kier molecular flexibility index (Phi) is 9.49. The van der Waals surface area contributed by atoms with Crippen molar-refractivity contribution in [3.63, 3.8) is 0 Å². The molecule has 0 N–H and O–H groups in total. The van der Waals surface area contributed by atoms with Gasteiger partial charge in [-0.2, -0.15) is 0 Å². The molecule has 0 saturated carbocycles. The molecule has 126 valence electrons. The molecular formula is C14H34O4Si3. The molecule has 0 bridgehead atoms. The van der Waals surface area contributed by atoms with E-state index in [9.17, 15) is 0 Å². The van der Waals surface area contributed by atoms with Gasteiger partial charge in [0.2, 0.25) is 0 Å². The Morgan fingerprint density at radius 3 is 1.90 bits per heavy atom. The molecule has 0 atom stereocenters. The summed E-state index contributed by atoms with van der Waals surface area (Å²) in [6.45, 7) is 21.6. The van der Waals surface area contributed by atoms with Crippen LogP contribution in [-0.4, -0.2) is 51.6 Å². The predicted molar refractivity (Wildman–Crippen MR) is 97.1 cm³/mol. The SMILES string of the molecule is C=CCOCCOCC[Si](C)(C)O[Si](C)(C)O[Si](C)(C)C. The lowest BCUT2D eigenvalue weighted by Gasteiger charge is -2.37. The first kappa shape index (κ1) is 21.2. The third-order valence-corrected chi connectivity index (χ3v) is 12.5. The van der Waals surface area contributed by atoms with Crippen LogP contribution in [0.25, 0.3) is 0 Å². The maximum atomic E-state index is 6.41. The quantitative estimate of drug-likeness (QED) is 0.303. The standard InChI is InChI=1S/C14H34O4Si3/c1-9-10-15-11-12-16-13-14-20(5,6)18-21(7,8)17-19(2,3)4/h9H,1,10-14H2,2-8H3. The van der Waals surface area contributed by atoms with Crippen molar-refractivity contribution in [2.24, 2.45) is 0 Å². The summed E-state index contributed by atoms with van der Waals surface area (Å²) in [6, 6.07) is 0.986. The Bertz CT molecular complexity index is 301. The van der Waals surface area contributed by atoms with Crippen LogP contribution in [0.2, 0.25) is 51.9 Å². The first-order valence-electron chi connectivity index (χ1n) is 7.64. The molecule has 0 radical (unpaired) electrons. The largest absolute Gasteiger partial charge is 0.437 e. The molecule has 0 heterocycles. The molecule has 0 aromatic carbocycles. The highest BCUT2D eigenvalue weighted by Crippen LogP contribution is 2.22. The molecule has 0 spiro atoms. The Labute approximate surface area is 134 Å². The molecule has 0 aliphatic carbocycles. The van der Waals surface area contributed by atoms with E-state index in [1.165, 1.54) is 0 Å². The number of hydrogen-bond donors (Lipinski definition) is 0. The van der Waals surface area contributed by atoms with E-state index >= 15 is 0 Å². The highest BCUT2D eigenvalue weighted by Gasteiger charge is 2.37.